The van der Waals surface area contributed by atoms with Crippen LogP contribution in [0.15, 0.2) is 48.5 Å². The van der Waals surface area contributed by atoms with Crippen molar-refractivity contribution in [1.82, 2.24) is 10.6 Å². The highest BCUT2D eigenvalue weighted by Gasteiger charge is 2.39. The number of carbonyl (C=O) groups excluding carboxylic acids is 2. The molecule has 1 saturated carbocycles. The van der Waals surface area contributed by atoms with Crippen molar-refractivity contribution in [3.8, 4) is 11.1 Å². The molecule has 0 radical (unpaired) electrons. The Balaban J connectivity index is 1.38. The summed E-state index contributed by atoms with van der Waals surface area (Å²) in [4.78, 5) is 37.1. The predicted molar refractivity (Wildman–Crippen MR) is 133 cm³/mol. The van der Waals surface area contributed by atoms with Crippen molar-refractivity contribution < 1.29 is 24.2 Å². The van der Waals surface area contributed by atoms with Crippen LogP contribution in [0.3, 0.4) is 0 Å². The van der Waals surface area contributed by atoms with Gasteiger partial charge in [-0.25, -0.2) is 4.79 Å². The van der Waals surface area contributed by atoms with Crippen molar-refractivity contribution in [3.63, 3.8) is 0 Å². The number of benzene rings is 2. The third-order valence-corrected chi connectivity index (χ3v) is 7.33. The first-order chi connectivity index (χ1) is 16.7. The number of carboxylic acids is 1. The molecule has 0 aliphatic heterocycles. The Labute approximate surface area is 206 Å². The number of carbonyl (C=O) groups is 3. The van der Waals surface area contributed by atoms with Crippen LogP contribution >= 0.6 is 0 Å². The molecule has 2 amide bonds. The molecule has 2 aliphatic carbocycles. The summed E-state index contributed by atoms with van der Waals surface area (Å²) < 4.78 is 5.61. The molecular weight excluding hydrogens is 444 g/mol. The molecule has 2 aliphatic rings. The second-order valence-electron chi connectivity index (χ2n) is 10.3. The lowest BCUT2D eigenvalue weighted by Gasteiger charge is -2.40. The maximum atomic E-state index is 13.2. The molecule has 0 bridgehead atoms. The number of fused-ring (bicyclic) bond motifs is 3. The van der Waals surface area contributed by atoms with E-state index in [-0.39, 0.29) is 24.9 Å². The fraction of sp³-hybridized carbons (Fsp3) is 0.464. The summed E-state index contributed by atoms with van der Waals surface area (Å²) in [5.74, 6) is -1.27. The lowest BCUT2D eigenvalue weighted by Crippen LogP contribution is -2.61. The molecule has 7 nitrogen and oxygen atoms in total. The summed E-state index contributed by atoms with van der Waals surface area (Å²) in [6, 6.07) is 16.2. The number of ether oxygens (including phenoxy) is 1. The lowest BCUT2D eigenvalue weighted by atomic mass is 9.78. The van der Waals surface area contributed by atoms with Gasteiger partial charge in [-0.2, -0.15) is 0 Å². The Kier molecular flexibility index (Phi) is 7.15. The normalized spacial score (nSPS) is 16.6. The number of aliphatic carboxylic acids is 1. The van der Waals surface area contributed by atoms with Gasteiger partial charge in [-0.15, -0.1) is 0 Å². The van der Waals surface area contributed by atoms with Crippen molar-refractivity contribution in [3.05, 3.63) is 59.7 Å². The molecule has 0 aromatic heterocycles. The first kappa shape index (κ1) is 24.8. The van der Waals surface area contributed by atoms with E-state index in [1.165, 1.54) is 0 Å². The number of carboxylic acid groups (broad SMARTS) is 1. The fourth-order valence-corrected chi connectivity index (χ4v) is 5.36. The molecule has 186 valence electrons. The molecule has 2 aromatic rings. The molecule has 3 N–H and O–H groups in total. The van der Waals surface area contributed by atoms with Crippen molar-refractivity contribution in [2.24, 2.45) is 0 Å². The van der Waals surface area contributed by atoms with E-state index in [9.17, 15) is 14.4 Å². The Morgan fingerprint density at radius 2 is 1.54 bits per heavy atom. The summed E-state index contributed by atoms with van der Waals surface area (Å²) in [7, 11) is 0. The van der Waals surface area contributed by atoms with Gasteiger partial charge in [0.15, 0.2) is 0 Å². The number of rotatable bonds is 8. The SMILES string of the molecule is CC(C)(NC(=O)OCC1c2ccccc2-c2ccccc21)C(=O)NC1(CCC(=O)O)CCCCC1. The minimum atomic E-state index is -1.21. The summed E-state index contributed by atoms with van der Waals surface area (Å²) in [6.07, 6.45) is 4.18. The molecule has 0 heterocycles. The van der Waals surface area contributed by atoms with Gasteiger partial charge in [-0.1, -0.05) is 67.8 Å². The number of nitrogens with one attached hydrogen (secondary N) is 2. The smallest absolute Gasteiger partial charge is 0.408 e. The zero-order valence-electron chi connectivity index (χ0n) is 20.4. The van der Waals surface area contributed by atoms with E-state index in [0.717, 1.165) is 54.4 Å². The van der Waals surface area contributed by atoms with Crippen LogP contribution in [0, 0.1) is 0 Å². The summed E-state index contributed by atoms with van der Waals surface area (Å²) in [6.45, 7) is 3.44. The molecule has 0 spiro atoms. The van der Waals surface area contributed by atoms with E-state index in [1.807, 2.05) is 24.3 Å². The number of hydrogen-bond donors (Lipinski definition) is 3. The van der Waals surface area contributed by atoms with Crippen LogP contribution in [0.5, 0.6) is 0 Å². The average molecular weight is 479 g/mol. The highest BCUT2D eigenvalue weighted by molar-refractivity contribution is 5.89. The molecule has 7 heteroatoms. The standard InChI is InChI=1S/C28H34N2O5/c1-27(2,25(33)29-28(17-14-24(31)32)15-8-3-9-16-28)30-26(34)35-18-23-21-12-6-4-10-19(21)20-11-5-7-13-22(20)23/h4-7,10-13,23H,3,8-9,14-18H2,1-2H3,(H,29,33)(H,30,34)(H,31,32). The van der Waals surface area contributed by atoms with Gasteiger partial charge >= 0.3 is 12.1 Å². The van der Waals surface area contributed by atoms with Gasteiger partial charge in [0.25, 0.3) is 0 Å². The largest absolute Gasteiger partial charge is 0.481 e. The van der Waals surface area contributed by atoms with Gasteiger partial charge in [0, 0.05) is 17.9 Å². The van der Waals surface area contributed by atoms with E-state index in [4.69, 9.17) is 9.84 Å². The second kappa shape index (κ2) is 10.1. The summed E-state index contributed by atoms with van der Waals surface area (Å²) in [5.41, 5.74) is 2.78. The van der Waals surface area contributed by atoms with Crippen LogP contribution in [-0.4, -0.2) is 40.8 Å². The summed E-state index contributed by atoms with van der Waals surface area (Å²) in [5, 5.41) is 15.0. The Hall–Kier alpha value is -3.35. The average Bonchev–Trinajstić information content (AvgIpc) is 3.15. The van der Waals surface area contributed by atoms with Gasteiger partial charge in [-0.3, -0.25) is 9.59 Å². The Bertz CT molecular complexity index is 1060. The topological polar surface area (TPSA) is 105 Å². The van der Waals surface area contributed by atoms with E-state index in [0.29, 0.717) is 6.42 Å². The van der Waals surface area contributed by atoms with Crippen LogP contribution in [0.2, 0.25) is 0 Å². The zero-order chi connectivity index (χ0) is 25.1. The lowest BCUT2D eigenvalue weighted by molar-refractivity contribution is -0.138. The molecule has 0 unspecified atom stereocenters. The van der Waals surface area contributed by atoms with E-state index in [2.05, 4.69) is 34.9 Å². The quantitative estimate of drug-likeness (QED) is 0.496. The van der Waals surface area contributed by atoms with Gasteiger partial charge in [-0.05, 0) is 55.4 Å². The van der Waals surface area contributed by atoms with Crippen molar-refractivity contribution >= 4 is 18.0 Å². The van der Waals surface area contributed by atoms with E-state index >= 15 is 0 Å². The monoisotopic (exact) mass is 478 g/mol. The number of alkyl carbamates (subject to hydrolysis) is 1. The molecule has 2 aromatic carbocycles. The number of amides is 2. The molecule has 35 heavy (non-hydrogen) atoms. The Morgan fingerprint density at radius 3 is 2.11 bits per heavy atom. The van der Waals surface area contributed by atoms with Gasteiger partial charge < -0.3 is 20.5 Å². The number of hydrogen-bond acceptors (Lipinski definition) is 4. The fourth-order valence-electron chi connectivity index (χ4n) is 5.36. The van der Waals surface area contributed by atoms with Crippen molar-refractivity contribution in [2.45, 2.75) is 75.8 Å². The maximum Gasteiger partial charge on any atom is 0.408 e. The summed E-state index contributed by atoms with van der Waals surface area (Å²) >= 11 is 0. The molecule has 4 rings (SSSR count). The predicted octanol–water partition coefficient (Wildman–Crippen LogP) is 4.99. The Morgan fingerprint density at radius 1 is 0.971 bits per heavy atom. The third kappa shape index (κ3) is 5.50. The molecular formula is C28H34N2O5. The first-order valence-electron chi connectivity index (χ1n) is 12.4. The van der Waals surface area contributed by atoms with Crippen molar-refractivity contribution in [1.29, 1.82) is 0 Å². The van der Waals surface area contributed by atoms with Crippen LogP contribution in [0.25, 0.3) is 11.1 Å². The minimum absolute atomic E-state index is 0.000511. The minimum Gasteiger partial charge on any atom is -0.481 e. The highest BCUT2D eigenvalue weighted by atomic mass is 16.5. The highest BCUT2D eigenvalue weighted by Crippen LogP contribution is 2.44. The molecule has 0 atom stereocenters. The maximum absolute atomic E-state index is 13.2. The molecule has 0 saturated heterocycles. The van der Waals surface area contributed by atoms with Crippen LogP contribution < -0.4 is 10.6 Å². The molecule has 1 fully saturated rings. The third-order valence-electron chi connectivity index (χ3n) is 7.33. The first-order valence-corrected chi connectivity index (χ1v) is 12.4. The van der Waals surface area contributed by atoms with Gasteiger partial charge in [0.2, 0.25) is 5.91 Å². The zero-order valence-corrected chi connectivity index (χ0v) is 20.4. The van der Waals surface area contributed by atoms with E-state index in [1.54, 1.807) is 13.8 Å². The van der Waals surface area contributed by atoms with Crippen LogP contribution in [0.1, 0.15) is 75.8 Å². The van der Waals surface area contributed by atoms with Crippen molar-refractivity contribution in [2.75, 3.05) is 6.61 Å². The van der Waals surface area contributed by atoms with E-state index < -0.39 is 23.1 Å². The second-order valence-corrected chi connectivity index (χ2v) is 10.3. The van der Waals surface area contributed by atoms with Crippen LogP contribution in [0.4, 0.5) is 4.79 Å². The van der Waals surface area contributed by atoms with Gasteiger partial charge in [0.1, 0.15) is 12.1 Å². The van der Waals surface area contributed by atoms with Crippen LogP contribution in [-0.2, 0) is 14.3 Å². The van der Waals surface area contributed by atoms with Gasteiger partial charge in [0.05, 0.1) is 0 Å².